The van der Waals surface area contributed by atoms with Crippen molar-refractivity contribution in [1.82, 2.24) is 5.32 Å². The Morgan fingerprint density at radius 1 is 1.20 bits per heavy atom. The van der Waals surface area contributed by atoms with Crippen molar-refractivity contribution in [2.75, 3.05) is 27.4 Å². The maximum atomic E-state index is 13.7. The maximum Gasteiger partial charge on any atom is 0.336 e. The number of dihydropyridines is 1. The number of carbonyl (C=O) groups excluding carboxylic acids is 3. The molecule has 0 amide bonds. The Kier molecular flexibility index (Phi) is 8.22. The van der Waals surface area contributed by atoms with Crippen molar-refractivity contribution in [3.63, 3.8) is 0 Å². The fraction of sp³-hybridized carbons (Fsp3) is 0.500. The Balaban J connectivity index is 2.08. The standard InChI is InChI=1S/C26H33NO8/c1-13(2)34-9-10-35-26(31)21-15(4)27-17-11-14(3)20(25(30)33-6)24(29)23(17)22(21)16-7-8-19(32-5)18(28)12-16/h7-8,12-14,20,22,27-28H,9-11H2,1-6H3/t14-,20+,22+/m0/s1. The topological polar surface area (TPSA) is 120 Å². The van der Waals surface area contributed by atoms with E-state index in [0.29, 0.717) is 29.0 Å². The van der Waals surface area contributed by atoms with Crippen LogP contribution in [0.5, 0.6) is 11.5 Å². The molecule has 2 N–H and O–H groups in total. The lowest BCUT2D eigenvalue weighted by Crippen LogP contribution is -2.43. The second kappa shape index (κ2) is 10.9. The fourth-order valence-corrected chi connectivity index (χ4v) is 4.67. The Morgan fingerprint density at radius 2 is 1.91 bits per heavy atom. The number of ether oxygens (including phenoxy) is 4. The van der Waals surface area contributed by atoms with Gasteiger partial charge >= 0.3 is 11.9 Å². The second-order valence-electron chi connectivity index (χ2n) is 9.02. The number of aromatic hydroxyl groups is 1. The number of Topliss-reactive ketones (excluding diaryl/α,β-unsaturated/α-hetero) is 1. The number of benzene rings is 1. The summed E-state index contributed by atoms with van der Waals surface area (Å²) in [5.74, 6) is -3.67. The van der Waals surface area contributed by atoms with E-state index in [-0.39, 0.29) is 42.3 Å². The average molecular weight is 488 g/mol. The lowest BCUT2D eigenvalue weighted by atomic mass is 9.69. The first-order valence-electron chi connectivity index (χ1n) is 11.6. The first-order valence-corrected chi connectivity index (χ1v) is 11.6. The van der Waals surface area contributed by atoms with Gasteiger partial charge in [0, 0.05) is 22.9 Å². The van der Waals surface area contributed by atoms with Crippen LogP contribution in [-0.2, 0) is 28.6 Å². The molecule has 0 fully saturated rings. The Hall–Kier alpha value is -3.33. The number of phenols is 1. The van der Waals surface area contributed by atoms with E-state index in [1.165, 1.54) is 20.3 Å². The molecule has 0 saturated heterocycles. The number of rotatable bonds is 8. The number of hydrogen-bond acceptors (Lipinski definition) is 9. The Bertz CT molecular complexity index is 1070. The van der Waals surface area contributed by atoms with Crippen LogP contribution in [0.4, 0.5) is 0 Å². The van der Waals surface area contributed by atoms with E-state index in [2.05, 4.69) is 5.32 Å². The maximum absolute atomic E-state index is 13.7. The van der Waals surface area contributed by atoms with E-state index in [4.69, 9.17) is 18.9 Å². The molecule has 1 aromatic rings. The summed E-state index contributed by atoms with van der Waals surface area (Å²) in [5, 5.41) is 13.7. The van der Waals surface area contributed by atoms with E-state index < -0.39 is 29.6 Å². The minimum atomic E-state index is -0.995. The van der Waals surface area contributed by atoms with Crippen LogP contribution in [0, 0.1) is 11.8 Å². The van der Waals surface area contributed by atoms with Gasteiger partial charge in [0.2, 0.25) is 0 Å². The third-order valence-electron chi connectivity index (χ3n) is 6.27. The largest absolute Gasteiger partial charge is 0.504 e. The predicted octanol–water partition coefficient (Wildman–Crippen LogP) is 2.98. The van der Waals surface area contributed by atoms with Crippen molar-refractivity contribution in [2.24, 2.45) is 11.8 Å². The molecule has 0 aromatic heterocycles. The van der Waals surface area contributed by atoms with Crippen molar-refractivity contribution in [2.45, 2.75) is 46.1 Å². The monoisotopic (exact) mass is 487 g/mol. The van der Waals surface area contributed by atoms with E-state index in [9.17, 15) is 19.5 Å². The van der Waals surface area contributed by atoms with Crippen LogP contribution in [0.2, 0.25) is 0 Å². The number of carbonyl (C=O) groups is 3. The Labute approximate surface area is 205 Å². The van der Waals surface area contributed by atoms with Gasteiger partial charge in [-0.2, -0.15) is 0 Å². The van der Waals surface area contributed by atoms with Crippen molar-refractivity contribution in [3.8, 4) is 11.5 Å². The molecule has 0 unspecified atom stereocenters. The quantitative estimate of drug-likeness (QED) is 0.324. The van der Waals surface area contributed by atoms with Gasteiger partial charge in [0.25, 0.3) is 0 Å². The number of hydrogen-bond donors (Lipinski definition) is 2. The van der Waals surface area contributed by atoms with Gasteiger partial charge in [0.15, 0.2) is 17.3 Å². The minimum Gasteiger partial charge on any atom is -0.504 e. The number of allylic oxidation sites excluding steroid dienone is 3. The van der Waals surface area contributed by atoms with Gasteiger partial charge in [0.1, 0.15) is 12.5 Å². The number of phenolic OH excluding ortho intramolecular Hbond substituents is 1. The fourth-order valence-electron chi connectivity index (χ4n) is 4.67. The SMILES string of the molecule is COC(=O)[C@H]1C(=O)C2=C(C[C@@H]1C)NC(C)=C(C(=O)OCCOC(C)C)[C@H]2c1ccc(OC)c(O)c1. The van der Waals surface area contributed by atoms with Gasteiger partial charge in [0.05, 0.1) is 32.5 Å². The van der Waals surface area contributed by atoms with Crippen LogP contribution in [0.25, 0.3) is 0 Å². The summed E-state index contributed by atoms with van der Waals surface area (Å²) in [6.07, 6.45) is 0.410. The predicted molar refractivity (Wildman–Crippen MR) is 127 cm³/mol. The number of methoxy groups -OCH3 is 2. The zero-order chi connectivity index (χ0) is 25.9. The van der Waals surface area contributed by atoms with Gasteiger partial charge < -0.3 is 29.4 Å². The molecular formula is C26H33NO8. The Morgan fingerprint density at radius 3 is 2.51 bits per heavy atom. The molecule has 9 heteroatoms. The van der Waals surface area contributed by atoms with Crippen LogP contribution in [0.3, 0.4) is 0 Å². The molecule has 9 nitrogen and oxygen atoms in total. The van der Waals surface area contributed by atoms with Crippen molar-refractivity contribution in [1.29, 1.82) is 0 Å². The highest BCUT2D eigenvalue weighted by atomic mass is 16.6. The second-order valence-corrected chi connectivity index (χ2v) is 9.02. The summed E-state index contributed by atoms with van der Waals surface area (Å²) in [6.45, 7) is 7.59. The minimum absolute atomic E-state index is 0.00848. The van der Waals surface area contributed by atoms with Crippen LogP contribution in [0.15, 0.2) is 40.7 Å². The van der Waals surface area contributed by atoms with Crippen LogP contribution in [-0.4, -0.2) is 56.4 Å². The summed E-state index contributed by atoms with van der Waals surface area (Å²) in [6, 6.07) is 4.70. The number of esters is 2. The van der Waals surface area contributed by atoms with Crippen LogP contribution >= 0.6 is 0 Å². The lowest BCUT2D eigenvalue weighted by molar-refractivity contribution is -0.151. The van der Waals surface area contributed by atoms with Gasteiger partial charge in [-0.3, -0.25) is 9.59 Å². The molecule has 35 heavy (non-hydrogen) atoms. The molecule has 190 valence electrons. The third kappa shape index (κ3) is 5.35. The van der Waals surface area contributed by atoms with Gasteiger partial charge in [-0.15, -0.1) is 0 Å². The molecule has 2 aliphatic rings. The highest BCUT2D eigenvalue weighted by Crippen LogP contribution is 2.46. The molecular weight excluding hydrogens is 454 g/mol. The molecule has 1 heterocycles. The zero-order valence-electron chi connectivity index (χ0n) is 21.0. The van der Waals surface area contributed by atoms with Gasteiger partial charge in [-0.1, -0.05) is 13.0 Å². The number of ketones is 1. The summed E-state index contributed by atoms with van der Waals surface area (Å²) in [5.41, 5.74) is 2.19. The summed E-state index contributed by atoms with van der Waals surface area (Å²) in [7, 11) is 2.68. The summed E-state index contributed by atoms with van der Waals surface area (Å²) < 4.78 is 21.0. The van der Waals surface area contributed by atoms with Crippen molar-refractivity contribution in [3.05, 3.63) is 46.3 Å². The van der Waals surface area contributed by atoms with Crippen molar-refractivity contribution >= 4 is 17.7 Å². The summed E-state index contributed by atoms with van der Waals surface area (Å²) >= 11 is 0. The molecule has 1 aliphatic heterocycles. The number of nitrogens with one attached hydrogen (secondary N) is 1. The van der Waals surface area contributed by atoms with E-state index in [1.54, 1.807) is 19.1 Å². The first-order chi connectivity index (χ1) is 16.6. The molecule has 1 aliphatic carbocycles. The van der Waals surface area contributed by atoms with Crippen molar-refractivity contribution < 1.29 is 38.4 Å². The molecule has 3 rings (SSSR count). The first kappa shape index (κ1) is 26.3. The third-order valence-corrected chi connectivity index (χ3v) is 6.27. The van der Waals surface area contributed by atoms with E-state index in [0.717, 1.165) is 0 Å². The highest BCUT2D eigenvalue weighted by molar-refractivity contribution is 6.12. The summed E-state index contributed by atoms with van der Waals surface area (Å²) in [4.78, 5) is 39.5. The van der Waals surface area contributed by atoms with Crippen LogP contribution in [0.1, 0.15) is 45.6 Å². The normalized spacial score (nSPS) is 22.0. The average Bonchev–Trinajstić information content (AvgIpc) is 2.80. The van der Waals surface area contributed by atoms with Crippen LogP contribution < -0.4 is 10.1 Å². The molecule has 0 bridgehead atoms. The smallest absolute Gasteiger partial charge is 0.336 e. The van der Waals surface area contributed by atoms with Gasteiger partial charge in [-0.05, 0) is 50.8 Å². The highest BCUT2D eigenvalue weighted by Gasteiger charge is 2.47. The molecule has 3 atom stereocenters. The lowest BCUT2D eigenvalue weighted by Gasteiger charge is -2.38. The van der Waals surface area contributed by atoms with E-state index >= 15 is 0 Å². The van der Waals surface area contributed by atoms with E-state index in [1.807, 2.05) is 20.8 Å². The molecule has 0 radical (unpaired) electrons. The zero-order valence-corrected chi connectivity index (χ0v) is 21.0. The van der Waals surface area contributed by atoms with Gasteiger partial charge in [-0.25, -0.2) is 4.79 Å². The molecule has 0 spiro atoms. The molecule has 1 aromatic carbocycles. The molecule has 0 saturated carbocycles.